The van der Waals surface area contributed by atoms with E-state index in [1.54, 1.807) is 32.0 Å². The Bertz CT molecular complexity index is 1560. The molecule has 2 aromatic carbocycles. The summed E-state index contributed by atoms with van der Waals surface area (Å²) < 4.78 is 22.1. The molecule has 2 atom stereocenters. The highest BCUT2D eigenvalue weighted by atomic mass is 32.2. The second-order valence-electron chi connectivity index (χ2n) is 10.1. The first-order chi connectivity index (χ1) is 21.2. The van der Waals surface area contributed by atoms with E-state index in [1.165, 1.54) is 27.2 Å². The molecule has 0 bridgehead atoms. The molecule has 0 saturated heterocycles. The minimum absolute atomic E-state index is 0.108. The summed E-state index contributed by atoms with van der Waals surface area (Å²) in [6.07, 6.45) is 3.49. The summed E-state index contributed by atoms with van der Waals surface area (Å²) in [5.74, 6) is 2.00. The lowest BCUT2D eigenvalue weighted by Gasteiger charge is -2.19. The van der Waals surface area contributed by atoms with Gasteiger partial charge in [-0.1, -0.05) is 6.07 Å². The average molecular weight is 627 g/mol. The predicted octanol–water partition coefficient (Wildman–Crippen LogP) is 3.30. The first-order valence-corrected chi connectivity index (χ1v) is 15.4. The number of rotatable bonds is 13. The van der Waals surface area contributed by atoms with Crippen molar-refractivity contribution in [2.45, 2.75) is 44.9 Å². The summed E-state index contributed by atoms with van der Waals surface area (Å²) in [4.78, 5) is 43.5. The SMILES string of the molecule is COCc1nc(NC(=O)[C@H](CCSC)Nc2ccc3c(cc2=O)[C@@H](NC(C)=O)CCc2cc(OC)c(OC)c(OC)c2-3)n[nH]1. The van der Waals surface area contributed by atoms with Gasteiger partial charge in [-0.25, -0.2) is 0 Å². The number of benzene rings is 1. The van der Waals surface area contributed by atoms with Crippen molar-refractivity contribution >= 4 is 35.2 Å². The second-order valence-corrected chi connectivity index (χ2v) is 11.1. The number of hydrogen-bond donors (Lipinski definition) is 4. The molecule has 0 unspecified atom stereocenters. The third-order valence-corrected chi connectivity index (χ3v) is 7.86. The predicted molar refractivity (Wildman–Crippen MR) is 169 cm³/mol. The molecule has 44 heavy (non-hydrogen) atoms. The molecule has 0 radical (unpaired) electrons. The topological polar surface area (TPSA) is 166 Å². The number of carbonyl (C=O) groups excluding carboxylic acids is 2. The van der Waals surface area contributed by atoms with Crippen LogP contribution in [0.4, 0.5) is 11.6 Å². The summed E-state index contributed by atoms with van der Waals surface area (Å²) in [7, 11) is 6.16. The Hall–Kier alpha value is -4.30. The molecule has 14 heteroatoms. The summed E-state index contributed by atoms with van der Waals surface area (Å²) >= 11 is 1.58. The van der Waals surface area contributed by atoms with Gasteiger partial charge in [0, 0.05) is 19.6 Å². The van der Waals surface area contributed by atoms with Gasteiger partial charge < -0.3 is 29.6 Å². The molecule has 1 aliphatic rings. The van der Waals surface area contributed by atoms with Gasteiger partial charge in [0.1, 0.15) is 12.6 Å². The average Bonchev–Trinajstić information content (AvgIpc) is 3.31. The molecule has 0 aliphatic heterocycles. The zero-order chi connectivity index (χ0) is 31.8. The van der Waals surface area contributed by atoms with Crippen molar-refractivity contribution in [2.24, 2.45) is 0 Å². The molecule has 1 aromatic heterocycles. The summed E-state index contributed by atoms with van der Waals surface area (Å²) in [5, 5.41) is 15.6. The molecule has 0 saturated carbocycles. The molecule has 236 valence electrons. The van der Waals surface area contributed by atoms with Gasteiger partial charge >= 0.3 is 0 Å². The smallest absolute Gasteiger partial charge is 0.249 e. The van der Waals surface area contributed by atoms with Crippen LogP contribution in [-0.4, -0.2) is 73.5 Å². The van der Waals surface area contributed by atoms with E-state index in [2.05, 4.69) is 31.1 Å². The van der Waals surface area contributed by atoms with Crippen molar-refractivity contribution in [3.05, 3.63) is 51.4 Å². The summed E-state index contributed by atoms with van der Waals surface area (Å²) in [5.41, 5.74) is 2.85. The number of carbonyl (C=O) groups is 2. The van der Waals surface area contributed by atoms with Crippen molar-refractivity contribution in [1.29, 1.82) is 0 Å². The van der Waals surface area contributed by atoms with Gasteiger partial charge in [-0.15, -0.1) is 5.10 Å². The van der Waals surface area contributed by atoms with Crippen LogP contribution in [0.1, 0.15) is 42.8 Å². The molecule has 4 rings (SSSR count). The van der Waals surface area contributed by atoms with E-state index >= 15 is 0 Å². The van der Waals surface area contributed by atoms with Gasteiger partial charge in [-0.2, -0.15) is 16.7 Å². The summed E-state index contributed by atoms with van der Waals surface area (Å²) in [6.45, 7) is 1.66. The highest BCUT2D eigenvalue weighted by Gasteiger charge is 2.30. The number of hydrogen-bond acceptors (Lipinski definition) is 11. The number of amides is 2. The Morgan fingerprint density at radius 3 is 2.55 bits per heavy atom. The molecule has 3 aromatic rings. The Morgan fingerprint density at radius 1 is 1.11 bits per heavy atom. The largest absolute Gasteiger partial charge is 0.493 e. The van der Waals surface area contributed by atoms with Crippen molar-refractivity contribution in [3.8, 4) is 28.4 Å². The number of fused-ring (bicyclic) bond motifs is 3. The van der Waals surface area contributed by atoms with E-state index in [9.17, 15) is 14.4 Å². The molecular formula is C30H38N6O7S. The molecule has 13 nitrogen and oxygen atoms in total. The van der Waals surface area contributed by atoms with E-state index < -0.39 is 18.0 Å². The normalized spacial score (nSPS) is 14.4. The molecular weight excluding hydrogens is 588 g/mol. The molecule has 1 heterocycles. The highest BCUT2D eigenvalue weighted by Crippen LogP contribution is 2.50. The van der Waals surface area contributed by atoms with E-state index in [0.29, 0.717) is 59.2 Å². The zero-order valence-corrected chi connectivity index (χ0v) is 26.5. The monoisotopic (exact) mass is 626 g/mol. The third-order valence-electron chi connectivity index (χ3n) is 7.22. The summed E-state index contributed by atoms with van der Waals surface area (Å²) in [6, 6.07) is 5.65. The van der Waals surface area contributed by atoms with Gasteiger partial charge in [0.15, 0.2) is 17.3 Å². The van der Waals surface area contributed by atoms with Crippen LogP contribution >= 0.6 is 11.8 Å². The number of nitrogens with one attached hydrogen (secondary N) is 4. The van der Waals surface area contributed by atoms with Crippen LogP contribution in [0.5, 0.6) is 17.2 Å². The third kappa shape index (κ3) is 7.25. The Kier molecular flexibility index (Phi) is 11.1. The lowest BCUT2D eigenvalue weighted by Crippen LogP contribution is -2.36. The number of ether oxygens (including phenoxy) is 4. The van der Waals surface area contributed by atoms with Gasteiger partial charge in [0.05, 0.1) is 33.1 Å². The first kappa shape index (κ1) is 32.6. The van der Waals surface area contributed by atoms with Crippen LogP contribution in [0.25, 0.3) is 11.1 Å². The van der Waals surface area contributed by atoms with Crippen molar-refractivity contribution in [2.75, 3.05) is 51.1 Å². The number of aromatic nitrogens is 3. The zero-order valence-electron chi connectivity index (χ0n) is 25.7. The van der Waals surface area contributed by atoms with E-state index in [4.69, 9.17) is 18.9 Å². The fourth-order valence-corrected chi connectivity index (χ4v) is 5.74. The fraction of sp³-hybridized carbons (Fsp3) is 0.433. The number of methoxy groups -OCH3 is 4. The highest BCUT2D eigenvalue weighted by molar-refractivity contribution is 7.98. The molecule has 0 spiro atoms. The van der Waals surface area contributed by atoms with Crippen LogP contribution in [0.2, 0.25) is 0 Å². The lowest BCUT2D eigenvalue weighted by molar-refractivity contribution is -0.120. The maximum Gasteiger partial charge on any atom is 0.249 e. The number of aryl methyl sites for hydroxylation is 1. The van der Waals surface area contributed by atoms with Crippen molar-refractivity contribution in [3.63, 3.8) is 0 Å². The molecule has 1 aliphatic carbocycles. The van der Waals surface area contributed by atoms with E-state index in [0.717, 1.165) is 11.1 Å². The number of H-pyrrole nitrogens is 1. The lowest BCUT2D eigenvalue weighted by atomic mass is 9.95. The van der Waals surface area contributed by atoms with Crippen LogP contribution in [0.3, 0.4) is 0 Å². The standard InChI is InChI=1S/C30H38N6O7S/c1-16(37)31-20-9-7-17-13-24(41-3)27(42-4)28(43-5)26(17)18-8-10-21(23(38)14-19(18)20)32-22(11-12-44-6)29(39)34-30-33-25(15-40-2)35-36-30/h8,10,13-14,20,22H,7,9,11-12,15H2,1-6H3,(H,31,37)(H,32,38)(H2,33,34,35,36,39)/t20-,22-/m0/s1. The Labute approximate surface area is 259 Å². The first-order valence-electron chi connectivity index (χ1n) is 14.0. The Balaban J connectivity index is 1.80. The van der Waals surface area contributed by atoms with Crippen LogP contribution < -0.4 is 35.6 Å². The second kappa shape index (κ2) is 14.9. The van der Waals surface area contributed by atoms with E-state index in [1.807, 2.05) is 18.4 Å². The quantitative estimate of drug-likeness (QED) is 0.220. The maximum absolute atomic E-state index is 13.8. The van der Waals surface area contributed by atoms with Gasteiger partial charge in [0.25, 0.3) is 0 Å². The minimum Gasteiger partial charge on any atom is -0.493 e. The fourth-order valence-electron chi connectivity index (χ4n) is 5.27. The number of anilines is 2. The Morgan fingerprint density at radius 2 is 1.89 bits per heavy atom. The van der Waals surface area contributed by atoms with Crippen LogP contribution in [0.15, 0.2) is 29.1 Å². The van der Waals surface area contributed by atoms with Crippen LogP contribution in [0, 0.1) is 0 Å². The van der Waals surface area contributed by atoms with Gasteiger partial charge in [-0.3, -0.25) is 24.8 Å². The van der Waals surface area contributed by atoms with Crippen LogP contribution in [-0.2, 0) is 27.4 Å². The maximum atomic E-state index is 13.8. The van der Waals surface area contributed by atoms with Crippen molar-refractivity contribution in [1.82, 2.24) is 20.5 Å². The molecule has 4 N–H and O–H groups in total. The number of aromatic amines is 1. The van der Waals surface area contributed by atoms with Gasteiger partial charge in [0.2, 0.25) is 28.9 Å². The molecule has 0 fully saturated rings. The molecule has 2 amide bonds. The minimum atomic E-state index is -0.765. The van der Waals surface area contributed by atoms with E-state index in [-0.39, 0.29) is 29.6 Å². The van der Waals surface area contributed by atoms with Gasteiger partial charge in [-0.05, 0) is 66.2 Å². The van der Waals surface area contributed by atoms with Crippen molar-refractivity contribution < 1.29 is 28.5 Å². The number of thioether (sulfide) groups is 1. The number of nitrogens with zero attached hydrogens (tertiary/aromatic N) is 2.